The van der Waals surface area contributed by atoms with Crippen LogP contribution in [0.15, 0.2) is 45.5 Å². The monoisotopic (exact) mass is 280 g/mol. The van der Waals surface area contributed by atoms with E-state index in [0.717, 1.165) is 15.6 Å². The first-order valence-electron chi connectivity index (χ1n) is 5.05. The van der Waals surface area contributed by atoms with Crippen LogP contribution in [-0.4, -0.2) is 5.11 Å². The molecule has 0 saturated carbocycles. The zero-order valence-corrected chi connectivity index (χ0v) is 10.8. The summed E-state index contributed by atoms with van der Waals surface area (Å²) in [7, 11) is 0. The average molecular weight is 281 g/mol. The second-order valence-electron chi connectivity index (χ2n) is 3.98. The van der Waals surface area contributed by atoms with Crippen molar-refractivity contribution in [2.45, 2.75) is 19.4 Å². The molecule has 0 bridgehead atoms. The Bertz CT molecular complexity index is 500. The Morgan fingerprint density at radius 1 is 1.25 bits per heavy atom. The molecule has 0 fully saturated rings. The zero-order chi connectivity index (χ0) is 11.8. The number of aryl methyl sites for hydroxylation is 1. The Hall–Kier alpha value is -1.06. The summed E-state index contributed by atoms with van der Waals surface area (Å²) in [5.41, 5.74) is 0.773. The molecule has 1 aromatic carbocycles. The van der Waals surface area contributed by atoms with E-state index in [0.29, 0.717) is 5.76 Å². The molecule has 1 N–H and O–H groups in total. The summed E-state index contributed by atoms with van der Waals surface area (Å²) in [5.74, 6) is 0.529. The molecule has 0 aliphatic carbocycles. The first-order chi connectivity index (χ1) is 7.53. The molecular formula is C13H13BrO2. The second kappa shape index (κ2) is 4.07. The lowest BCUT2D eigenvalue weighted by Gasteiger charge is -2.23. The first kappa shape index (κ1) is 11.4. The van der Waals surface area contributed by atoms with Crippen LogP contribution in [0.25, 0.3) is 0 Å². The number of halogens is 1. The van der Waals surface area contributed by atoms with Crippen LogP contribution in [0.3, 0.4) is 0 Å². The molecule has 3 heteroatoms. The third kappa shape index (κ3) is 1.81. The van der Waals surface area contributed by atoms with Crippen molar-refractivity contribution < 1.29 is 9.52 Å². The molecule has 1 unspecified atom stereocenters. The molecule has 2 nitrogen and oxygen atoms in total. The molecule has 0 saturated heterocycles. The molecule has 1 atom stereocenters. The smallest absolute Gasteiger partial charge is 0.153 e. The molecule has 1 aromatic heterocycles. The van der Waals surface area contributed by atoms with E-state index >= 15 is 0 Å². The van der Waals surface area contributed by atoms with E-state index in [1.54, 1.807) is 19.3 Å². The lowest BCUT2D eigenvalue weighted by Crippen LogP contribution is -2.23. The summed E-state index contributed by atoms with van der Waals surface area (Å²) < 4.78 is 6.12. The van der Waals surface area contributed by atoms with Crippen LogP contribution in [-0.2, 0) is 5.60 Å². The highest BCUT2D eigenvalue weighted by atomic mass is 79.9. The van der Waals surface area contributed by atoms with Gasteiger partial charge in [-0.05, 0) is 47.0 Å². The molecular weight excluding hydrogens is 268 g/mol. The molecule has 2 rings (SSSR count). The minimum atomic E-state index is -1.12. The van der Waals surface area contributed by atoms with Gasteiger partial charge in [-0.25, -0.2) is 0 Å². The van der Waals surface area contributed by atoms with Crippen LogP contribution >= 0.6 is 15.9 Å². The summed E-state index contributed by atoms with van der Waals surface area (Å²) in [6.07, 6.45) is 1.56. The lowest BCUT2D eigenvalue weighted by molar-refractivity contribution is 0.0751. The maximum absolute atomic E-state index is 10.6. The molecule has 2 aromatic rings. The van der Waals surface area contributed by atoms with Crippen LogP contribution in [0.5, 0.6) is 0 Å². The van der Waals surface area contributed by atoms with Gasteiger partial charge in [0.25, 0.3) is 0 Å². The highest BCUT2D eigenvalue weighted by Gasteiger charge is 2.32. The zero-order valence-electron chi connectivity index (χ0n) is 9.20. The molecule has 0 aliphatic rings. The maximum atomic E-state index is 10.6. The van der Waals surface area contributed by atoms with E-state index < -0.39 is 5.60 Å². The molecule has 1 heterocycles. The van der Waals surface area contributed by atoms with E-state index in [-0.39, 0.29) is 0 Å². The fraction of sp³-hybridized carbons (Fsp3) is 0.231. The number of aliphatic hydroxyl groups is 1. The SMILES string of the molecule is Cc1ccccc1C(C)(O)c1occc1Br. The quantitative estimate of drug-likeness (QED) is 0.912. The standard InChI is InChI=1S/C13H13BrO2/c1-9-5-3-4-6-10(9)13(2,15)12-11(14)7-8-16-12/h3-8,15H,1-2H3. The van der Waals surface area contributed by atoms with Crippen LogP contribution < -0.4 is 0 Å². The normalized spacial score (nSPS) is 14.8. The Labute approximate surface area is 103 Å². The largest absolute Gasteiger partial charge is 0.465 e. The Morgan fingerprint density at radius 2 is 1.94 bits per heavy atom. The molecule has 0 aliphatic heterocycles. The molecule has 0 spiro atoms. The summed E-state index contributed by atoms with van der Waals surface area (Å²) in [6.45, 7) is 3.71. The van der Waals surface area contributed by atoms with Gasteiger partial charge in [-0.1, -0.05) is 24.3 Å². The topological polar surface area (TPSA) is 33.4 Å². The van der Waals surface area contributed by atoms with Gasteiger partial charge in [-0.15, -0.1) is 0 Å². The van der Waals surface area contributed by atoms with Crippen molar-refractivity contribution in [3.05, 3.63) is 58.0 Å². The fourth-order valence-corrected chi connectivity index (χ4v) is 2.47. The van der Waals surface area contributed by atoms with Crippen molar-refractivity contribution in [1.29, 1.82) is 0 Å². The first-order valence-corrected chi connectivity index (χ1v) is 5.84. The molecule has 0 amide bonds. The van der Waals surface area contributed by atoms with Crippen molar-refractivity contribution in [2.24, 2.45) is 0 Å². The van der Waals surface area contributed by atoms with E-state index in [2.05, 4.69) is 15.9 Å². The highest BCUT2D eigenvalue weighted by Crippen LogP contribution is 2.35. The fourth-order valence-electron chi connectivity index (χ4n) is 1.88. The van der Waals surface area contributed by atoms with E-state index in [1.165, 1.54) is 0 Å². The Kier molecular flexibility index (Phi) is 2.91. The van der Waals surface area contributed by atoms with Crippen molar-refractivity contribution in [1.82, 2.24) is 0 Å². The summed E-state index contributed by atoms with van der Waals surface area (Å²) in [6, 6.07) is 9.52. The van der Waals surface area contributed by atoms with Gasteiger partial charge >= 0.3 is 0 Å². The van der Waals surface area contributed by atoms with Crippen LogP contribution in [0.2, 0.25) is 0 Å². The predicted octanol–water partition coefficient (Wildman–Crippen LogP) is 3.61. The summed E-state index contributed by atoms with van der Waals surface area (Å²) in [4.78, 5) is 0. The third-order valence-electron chi connectivity index (χ3n) is 2.73. The summed E-state index contributed by atoms with van der Waals surface area (Å²) in [5, 5.41) is 10.6. The number of hydrogen-bond acceptors (Lipinski definition) is 2. The predicted molar refractivity (Wildman–Crippen MR) is 66.3 cm³/mol. The van der Waals surface area contributed by atoms with Gasteiger partial charge in [-0.2, -0.15) is 0 Å². The van der Waals surface area contributed by atoms with Gasteiger partial charge in [0.1, 0.15) is 5.60 Å². The van der Waals surface area contributed by atoms with E-state index in [1.807, 2.05) is 31.2 Å². The van der Waals surface area contributed by atoms with Crippen molar-refractivity contribution >= 4 is 15.9 Å². The van der Waals surface area contributed by atoms with E-state index in [9.17, 15) is 5.11 Å². The molecule has 84 valence electrons. The van der Waals surface area contributed by atoms with Gasteiger partial charge in [0.2, 0.25) is 0 Å². The van der Waals surface area contributed by atoms with Gasteiger partial charge in [0.05, 0.1) is 10.7 Å². The number of benzene rings is 1. The number of hydrogen-bond donors (Lipinski definition) is 1. The van der Waals surface area contributed by atoms with Crippen molar-refractivity contribution in [2.75, 3.05) is 0 Å². The van der Waals surface area contributed by atoms with Crippen LogP contribution in [0.1, 0.15) is 23.8 Å². The lowest BCUT2D eigenvalue weighted by atomic mass is 9.90. The van der Waals surface area contributed by atoms with Crippen molar-refractivity contribution in [3.8, 4) is 0 Å². The third-order valence-corrected chi connectivity index (χ3v) is 3.35. The van der Waals surface area contributed by atoms with Crippen molar-refractivity contribution in [3.63, 3.8) is 0 Å². The summed E-state index contributed by atoms with van der Waals surface area (Å²) >= 11 is 3.37. The van der Waals surface area contributed by atoms with E-state index in [4.69, 9.17) is 4.42 Å². The van der Waals surface area contributed by atoms with Crippen LogP contribution in [0.4, 0.5) is 0 Å². The van der Waals surface area contributed by atoms with Gasteiger partial charge < -0.3 is 9.52 Å². The Balaban J connectivity index is 2.55. The maximum Gasteiger partial charge on any atom is 0.153 e. The van der Waals surface area contributed by atoms with Crippen LogP contribution in [0, 0.1) is 6.92 Å². The number of rotatable bonds is 2. The number of furan rings is 1. The molecule has 0 radical (unpaired) electrons. The second-order valence-corrected chi connectivity index (χ2v) is 4.84. The average Bonchev–Trinajstić information content (AvgIpc) is 2.65. The highest BCUT2D eigenvalue weighted by molar-refractivity contribution is 9.10. The molecule has 16 heavy (non-hydrogen) atoms. The van der Waals surface area contributed by atoms with Gasteiger partial charge in [0.15, 0.2) is 5.76 Å². The Morgan fingerprint density at radius 3 is 2.50 bits per heavy atom. The minimum absolute atomic E-state index is 0.529. The minimum Gasteiger partial charge on any atom is -0.465 e. The van der Waals surface area contributed by atoms with Gasteiger partial charge in [0, 0.05) is 0 Å². The van der Waals surface area contributed by atoms with Gasteiger partial charge in [-0.3, -0.25) is 0 Å².